The maximum Gasteiger partial charge on any atom is 0.319 e. The van der Waals surface area contributed by atoms with Gasteiger partial charge in [0.2, 0.25) is 0 Å². The van der Waals surface area contributed by atoms with E-state index in [1.807, 2.05) is 17.9 Å². The summed E-state index contributed by atoms with van der Waals surface area (Å²) in [5, 5.41) is 10.5. The van der Waals surface area contributed by atoms with E-state index < -0.39 is 23.3 Å². The Kier molecular flexibility index (Phi) is 8.09. The Labute approximate surface area is 278 Å². The Morgan fingerprint density at radius 3 is 2.83 bits per heavy atom. The number of nitrogens with two attached hydrogens (primary N) is 1. The lowest BCUT2D eigenvalue weighted by molar-refractivity contribution is -0.147. The fraction of sp³-hybridized carbons (Fsp3) is 0.455. The molecular formula is C33H32ClF3N6O3S. The number of alkyl halides is 1. The number of methoxy groups -OCH3 is 1. The summed E-state index contributed by atoms with van der Waals surface area (Å²) in [4.78, 5) is 25.7. The van der Waals surface area contributed by atoms with Gasteiger partial charge in [0.15, 0.2) is 5.82 Å². The number of anilines is 2. The number of nitrogens with zero attached hydrogens (tertiary/aromatic N) is 5. The molecule has 3 aliphatic heterocycles. The lowest BCUT2D eigenvalue weighted by atomic mass is 9.87. The van der Waals surface area contributed by atoms with E-state index in [2.05, 4.69) is 9.88 Å². The molecule has 3 saturated heterocycles. The van der Waals surface area contributed by atoms with Gasteiger partial charge in [-0.1, -0.05) is 24.6 Å². The molecule has 3 fully saturated rings. The number of hydrogen-bond donors (Lipinski definition) is 1. The number of fused-ring (bicyclic) bond motifs is 3. The van der Waals surface area contributed by atoms with E-state index >= 15 is 4.39 Å². The van der Waals surface area contributed by atoms with Gasteiger partial charge < -0.3 is 20.1 Å². The van der Waals surface area contributed by atoms with Gasteiger partial charge in [-0.2, -0.15) is 15.2 Å². The van der Waals surface area contributed by atoms with Crippen molar-refractivity contribution in [2.24, 2.45) is 11.8 Å². The molecule has 47 heavy (non-hydrogen) atoms. The highest BCUT2D eigenvalue weighted by Gasteiger charge is 2.49. The number of thiophene rings is 1. The molecule has 14 heteroatoms. The molecule has 0 spiro atoms. The standard InChI is InChI=1S/C33H32ClF3N6O3S/c1-16-13-42(9-6-18(16)31(44)45-2)30-20-10-22(34)25(19-4-5-23(36)28-24(19)21(12-38)29(39)47-28)26(37)27(20)40-32(41-30)46-15-33-7-3-8-43(33)14-17(35)11-33/h4-5,10,16-18H,3,6-9,11,13-15,39H2,1-2H3/t16-,17-,18+,33+/m1/s1. The van der Waals surface area contributed by atoms with E-state index in [0.29, 0.717) is 43.7 Å². The molecule has 4 aromatic rings. The first-order valence-electron chi connectivity index (χ1n) is 15.5. The summed E-state index contributed by atoms with van der Waals surface area (Å²) in [6, 6.07) is 6.06. The number of piperidine rings is 1. The van der Waals surface area contributed by atoms with Gasteiger partial charge in [-0.3, -0.25) is 9.69 Å². The minimum absolute atomic E-state index is 0.00742. The van der Waals surface area contributed by atoms with Crippen LogP contribution >= 0.6 is 22.9 Å². The molecule has 2 aromatic carbocycles. The highest BCUT2D eigenvalue weighted by molar-refractivity contribution is 7.23. The minimum Gasteiger partial charge on any atom is -0.469 e. The van der Waals surface area contributed by atoms with Gasteiger partial charge in [0, 0.05) is 42.4 Å². The van der Waals surface area contributed by atoms with Crippen molar-refractivity contribution in [3.05, 3.63) is 40.4 Å². The SMILES string of the molecule is COC(=O)[C@H]1CCN(c2nc(OC[C@@]34CCCN3C[C@H](F)C4)nc3c(F)c(-c4ccc(F)c5sc(N)c(C#N)c45)c(Cl)cc23)C[C@H]1C. The molecule has 0 amide bonds. The third-order valence-corrected chi connectivity index (χ3v) is 11.3. The molecule has 5 heterocycles. The highest BCUT2D eigenvalue weighted by atomic mass is 35.5. The Morgan fingerprint density at radius 2 is 2.09 bits per heavy atom. The van der Waals surface area contributed by atoms with Crippen LogP contribution in [0, 0.1) is 34.8 Å². The van der Waals surface area contributed by atoms with Crippen molar-refractivity contribution in [1.29, 1.82) is 5.26 Å². The van der Waals surface area contributed by atoms with Gasteiger partial charge in [-0.05, 0) is 49.4 Å². The zero-order valence-corrected chi connectivity index (χ0v) is 27.4. The van der Waals surface area contributed by atoms with Crippen molar-refractivity contribution in [3.63, 3.8) is 0 Å². The summed E-state index contributed by atoms with van der Waals surface area (Å²) >= 11 is 7.72. The number of nitriles is 1. The fourth-order valence-corrected chi connectivity index (χ4v) is 8.95. The molecule has 0 saturated carbocycles. The lowest BCUT2D eigenvalue weighted by Crippen LogP contribution is -2.44. The van der Waals surface area contributed by atoms with Crippen LogP contribution in [0.1, 0.15) is 38.2 Å². The maximum absolute atomic E-state index is 16.9. The second kappa shape index (κ2) is 12.0. The zero-order chi connectivity index (χ0) is 33.2. The van der Waals surface area contributed by atoms with Crippen LogP contribution in [0.15, 0.2) is 18.2 Å². The van der Waals surface area contributed by atoms with Crippen molar-refractivity contribution in [3.8, 4) is 23.2 Å². The van der Waals surface area contributed by atoms with E-state index in [-0.39, 0.29) is 72.7 Å². The van der Waals surface area contributed by atoms with Gasteiger partial charge in [0.1, 0.15) is 41.0 Å². The molecule has 7 rings (SSSR count). The van der Waals surface area contributed by atoms with Crippen LogP contribution in [0.25, 0.3) is 32.1 Å². The molecule has 0 bridgehead atoms. The number of carbonyl (C=O) groups excluding carboxylic acids is 1. The average molecular weight is 685 g/mol. The summed E-state index contributed by atoms with van der Waals surface area (Å²) in [6.45, 7) is 4.06. The summed E-state index contributed by atoms with van der Waals surface area (Å²) in [6.07, 6.45) is 1.57. The van der Waals surface area contributed by atoms with Crippen LogP contribution in [0.3, 0.4) is 0 Å². The third kappa shape index (κ3) is 5.21. The predicted octanol–water partition coefficient (Wildman–Crippen LogP) is 6.49. The van der Waals surface area contributed by atoms with Crippen LogP contribution in [-0.4, -0.2) is 72.4 Å². The molecule has 246 valence electrons. The van der Waals surface area contributed by atoms with Crippen molar-refractivity contribution in [1.82, 2.24) is 14.9 Å². The number of hydrogen-bond acceptors (Lipinski definition) is 10. The smallest absolute Gasteiger partial charge is 0.319 e. The number of benzene rings is 2. The van der Waals surface area contributed by atoms with Gasteiger partial charge in [-0.25, -0.2) is 13.2 Å². The molecule has 2 aromatic heterocycles. The largest absolute Gasteiger partial charge is 0.469 e. The van der Waals surface area contributed by atoms with Crippen LogP contribution in [0.4, 0.5) is 24.0 Å². The van der Waals surface area contributed by atoms with Crippen molar-refractivity contribution >= 4 is 60.7 Å². The fourth-order valence-electron chi connectivity index (χ4n) is 7.71. The Morgan fingerprint density at radius 1 is 1.28 bits per heavy atom. The van der Waals surface area contributed by atoms with E-state index in [0.717, 1.165) is 30.7 Å². The van der Waals surface area contributed by atoms with Crippen LogP contribution < -0.4 is 15.4 Å². The molecule has 4 atom stereocenters. The quantitative estimate of drug-likeness (QED) is 0.228. The molecule has 0 unspecified atom stereocenters. The van der Waals surface area contributed by atoms with Crippen LogP contribution in [-0.2, 0) is 9.53 Å². The second-order valence-corrected chi connectivity index (χ2v) is 14.2. The number of esters is 1. The van der Waals surface area contributed by atoms with Crippen LogP contribution in [0.2, 0.25) is 5.02 Å². The van der Waals surface area contributed by atoms with Gasteiger partial charge in [-0.15, -0.1) is 11.3 Å². The van der Waals surface area contributed by atoms with Gasteiger partial charge >= 0.3 is 12.0 Å². The Bertz CT molecular complexity index is 1970. The summed E-state index contributed by atoms with van der Waals surface area (Å²) in [5.41, 5.74) is 5.65. The minimum atomic E-state index is -0.955. The van der Waals surface area contributed by atoms with Crippen molar-refractivity contribution < 1.29 is 27.4 Å². The van der Waals surface area contributed by atoms with E-state index in [4.69, 9.17) is 31.8 Å². The van der Waals surface area contributed by atoms with Gasteiger partial charge in [0.25, 0.3) is 0 Å². The lowest BCUT2D eigenvalue weighted by Gasteiger charge is -2.37. The van der Waals surface area contributed by atoms with E-state index in [9.17, 15) is 18.8 Å². The molecular weight excluding hydrogens is 653 g/mol. The molecule has 3 aliphatic rings. The molecule has 2 N–H and O–H groups in total. The summed E-state index contributed by atoms with van der Waals surface area (Å²) < 4.78 is 57.6. The first-order valence-corrected chi connectivity index (χ1v) is 16.7. The monoisotopic (exact) mass is 684 g/mol. The normalized spacial score (nSPS) is 24.5. The summed E-state index contributed by atoms with van der Waals surface area (Å²) in [7, 11) is 1.37. The average Bonchev–Trinajstić information content (AvgIpc) is 3.69. The number of nitrogen functional groups attached to an aromatic ring is 1. The number of halogens is 4. The first kappa shape index (κ1) is 31.7. The van der Waals surface area contributed by atoms with E-state index in [1.54, 1.807) is 6.07 Å². The highest BCUT2D eigenvalue weighted by Crippen LogP contribution is 2.46. The molecule has 0 aliphatic carbocycles. The van der Waals surface area contributed by atoms with Crippen LogP contribution in [0.5, 0.6) is 6.01 Å². The first-order chi connectivity index (χ1) is 22.5. The summed E-state index contributed by atoms with van der Waals surface area (Å²) in [5.74, 6) is -1.70. The maximum atomic E-state index is 16.9. The van der Waals surface area contributed by atoms with Crippen molar-refractivity contribution in [2.75, 3.05) is 50.5 Å². The topological polar surface area (TPSA) is 118 Å². The molecule has 9 nitrogen and oxygen atoms in total. The van der Waals surface area contributed by atoms with Crippen molar-refractivity contribution in [2.45, 2.75) is 44.3 Å². The number of aromatic nitrogens is 2. The third-order valence-electron chi connectivity index (χ3n) is 9.98. The number of ether oxygens (including phenoxy) is 2. The number of carbonyl (C=O) groups is 1. The van der Waals surface area contributed by atoms with Gasteiger partial charge in [0.05, 0.1) is 33.9 Å². The molecule has 0 radical (unpaired) electrons. The predicted molar refractivity (Wildman–Crippen MR) is 174 cm³/mol. The second-order valence-electron chi connectivity index (χ2n) is 12.7. The number of rotatable bonds is 6. The van der Waals surface area contributed by atoms with E-state index in [1.165, 1.54) is 19.2 Å². The zero-order valence-electron chi connectivity index (χ0n) is 25.8. The Hall–Kier alpha value is -3.86. The Balaban J connectivity index is 1.37.